The van der Waals surface area contributed by atoms with Gasteiger partial charge in [-0.15, -0.1) is 5.43 Å². The molecule has 0 saturated carbocycles. The zero-order chi connectivity index (χ0) is 10.2. The quantitative estimate of drug-likeness (QED) is 0.427. The molecule has 0 amide bonds. The number of hydrogen-bond acceptors (Lipinski definition) is 2. The minimum Gasteiger partial charge on any atom is -0.233 e. The predicted octanol–water partition coefficient (Wildman–Crippen LogP) is 0.713. The largest absolute Gasteiger partial charge is 0.334 e. The summed E-state index contributed by atoms with van der Waals surface area (Å²) < 4.78 is 0. The van der Waals surface area contributed by atoms with Gasteiger partial charge in [0, 0.05) is 6.21 Å². The van der Waals surface area contributed by atoms with E-state index >= 15 is 0 Å². The van der Waals surface area contributed by atoms with E-state index in [0.29, 0.717) is 0 Å². The Morgan fingerprint density at radius 2 is 2.14 bits per heavy atom. The number of thioether (sulfide) groups is 1. The number of hydrazone groups is 1. The van der Waals surface area contributed by atoms with Crippen molar-refractivity contribution in [1.82, 2.24) is 5.43 Å². The maximum absolute atomic E-state index is 3.94. The molecule has 0 aliphatic rings. The van der Waals surface area contributed by atoms with Crippen LogP contribution in [0, 0.1) is 0 Å². The third kappa shape index (κ3) is 3.62. The highest BCUT2D eigenvalue weighted by molar-refractivity contribution is 8.12. The zero-order valence-electron chi connectivity index (χ0n) is 8.32. The van der Waals surface area contributed by atoms with Crippen molar-refractivity contribution in [3.63, 3.8) is 0 Å². The second-order valence-corrected chi connectivity index (χ2v) is 3.34. The van der Waals surface area contributed by atoms with Crippen molar-refractivity contribution in [3.8, 4) is 0 Å². The minimum atomic E-state index is 0.911. The van der Waals surface area contributed by atoms with E-state index in [9.17, 15) is 0 Å². The van der Waals surface area contributed by atoms with Crippen LogP contribution in [0.3, 0.4) is 0 Å². The van der Waals surface area contributed by atoms with Crippen LogP contribution in [0.4, 0.5) is 5.69 Å². The lowest BCUT2D eigenvalue weighted by Crippen LogP contribution is -2.68. The van der Waals surface area contributed by atoms with Gasteiger partial charge in [0.25, 0.3) is 0 Å². The first kappa shape index (κ1) is 10.8. The summed E-state index contributed by atoms with van der Waals surface area (Å²) in [5.41, 5.74) is 3.96. The second-order valence-electron chi connectivity index (χ2n) is 2.52. The number of nitrogens with zero attached hydrogens (tertiary/aromatic N) is 1. The average molecular weight is 208 g/mol. The molecule has 0 fully saturated rings. The second kappa shape index (κ2) is 6.21. The third-order valence-corrected chi connectivity index (χ3v) is 2.13. The van der Waals surface area contributed by atoms with Gasteiger partial charge in [0.05, 0.1) is 0 Å². The van der Waals surface area contributed by atoms with E-state index in [0.717, 1.165) is 10.9 Å². The Morgan fingerprint density at radius 1 is 1.43 bits per heavy atom. The van der Waals surface area contributed by atoms with Gasteiger partial charge in [0.1, 0.15) is 5.69 Å². The highest BCUT2D eigenvalue weighted by Crippen LogP contribution is 1.96. The molecule has 0 unspecified atom stereocenters. The Kier molecular flexibility index (Phi) is 4.78. The highest BCUT2D eigenvalue weighted by atomic mass is 32.2. The van der Waals surface area contributed by atoms with Gasteiger partial charge in [-0.2, -0.15) is 0 Å². The Morgan fingerprint density at radius 3 is 2.71 bits per heavy atom. The summed E-state index contributed by atoms with van der Waals surface area (Å²) in [6.07, 6.45) is 3.70. The van der Waals surface area contributed by atoms with Gasteiger partial charge in [-0.05, 0) is 37.1 Å². The van der Waals surface area contributed by atoms with Crippen LogP contribution < -0.4 is 10.4 Å². The van der Waals surface area contributed by atoms with Gasteiger partial charge in [0.15, 0.2) is 0 Å². The molecule has 1 aromatic rings. The van der Waals surface area contributed by atoms with Crippen molar-refractivity contribution >= 4 is 28.8 Å². The Hall–Kier alpha value is -1.29. The van der Waals surface area contributed by atoms with E-state index in [1.54, 1.807) is 18.0 Å². The first-order valence-corrected chi connectivity index (χ1v) is 5.56. The molecule has 2 N–H and O–H groups in total. The molecule has 4 heteroatoms. The van der Waals surface area contributed by atoms with Crippen LogP contribution in [0.5, 0.6) is 0 Å². The van der Waals surface area contributed by atoms with Gasteiger partial charge < -0.3 is 0 Å². The Bertz CT molecular complexity index is 319. The summed E-state index contributed by atoms with van der Waals surface area (Å²) in [5, 5.41) is 4.86. The van der Waals surface area contributed by atoms with E-state index in [2.05, 4.69) is 15.5 Å². The van der Waals surface area contributed by atoms with Crippen molar-refractivity contribution in [2.24, 2.45) is 5.10 Å². The molecule has 0 saturated heterocycles. The molecule has 0 spiro atoms. The number of benzene rings is 1. The molecular weight excluding hydrogens is 194 g/mol. The van der Waals surface area contributed by atoms with Crippen LogP contribution in [0.15, 0.2) is 35.4 Å². The van der Waals surface area contributed by atoms with Crippen LogP contribution in [0.2, 0.25) is 0 Å². The van der Waals surface area contributed by atoms with Gasteiger partial charge in [-0.25, -0.2) is 4.99 Å². The van der Waals surface area contributed by atoms with Crippen molar-refractivity contribution in [2.45, 2.75) is 6.92 Å². The van der Waals surface area contributed by atoms with Gasteiger partial charge in [-0.1, -0.05) is 23.3 Å². The summed E-state index contributed by atoms with van der Waals surface area (Å²) in [4.78, 5) is 3.22. The van der Waals surface area contributed by atoms with Crippen molar-refractivity contribution in [2.75, 3.05) is 6.26 Å². The fraction of sp³-hybridized carbons (Fsp3) is 0.200. The topological polar surface area (TPSA) is 38.4 Å². The summed E-state index contributed by atoms with van der Waals surface area (Å²) in [6, 6.07) is 9.98. The Balaban J connectivity index is 2.73. The lowest BCUT2D eigenvalue weighted by atomic mass is 10.3. The average Bonchev–Trinajstić information content (AvgIpc) is 2.25. The molecule has 0 bridgehead atoms. The van der Waals surface area contributed by atoms with Gasteiger partial charge in [0.2, 0.25) is 0 Å². The van der Waals surface area contributed by atoms with E-state index in [1.807, 2.05) is 43.5 Å². The standard InChI is InChI=1S/C10H13N3S/c1-3-11-13-10(14-2)12-9-7-5-4-6-8-9/h3-8H,1-2H3,(H,12,13)/p+1. The number of rotatable bonds is 2. The molecule has 0 aliphatic carbocycles. The molecule has 14 heavy (non-hydrogen) atoms. The minimum absolute atomic E-state index is 0.911. The maximum atomic E-state index is 3.94. The molecule has 0 heterocycles. The normalized spacial score (nSPS) is 12.0. The molecule has 0 aromatic heterocycles. The van der Waals surface area contributed by atoms with E-state index < -0.39 is 0 Å². The van der Waals surface area contributed by atoms with E-state index in [4.69, 9.17) is 0 Å². The first-order chi connectivity index (χ1) is 6.86. The molecular formula is C10H14N3S+. The molecule has 0 radical (unpaired) electrons. The molecule has 0 atom stereocenters. The van der Waals surface area contributed by atoms with Crippen LogP contribution in [0.25, 0.3) is 0 Å². The summed E-state index contributed by atoms with van der Waals surface area (Å²) in [5.74, 6) is 0. The number of nitrogens with one attached hydrogen (secondary N) is 2. The fourth-order valence-electron chi connectivity index (χ4n) is 0.900. The highest BCUT2D eigenvalue weighted by Gasteiger charge is 2.01. The lowest BCUT2D eigenvalue weighted by molar-refractivity contribution is -0.352. The number of hydrogen-bond donors (Lipinski definition) is 2. The summed E-state index contributed by atoms with van der Waals surface area (Å²) in [7, 11) is 0. The van der Waals surface area contributed by atoms with E-state index in [1.165, 1.54) is 0 Å². The summed E-state index contributed by atoms with van der Waals surface area (Å²) >= 11 is 1.59. The molecule has 1 aromatic carbocycles. The maximum Gasteiger partial charge on any atom is 0.334 e. The predicted molar refractivity (Wildman–Crippen MR) is 62.9 cm³/mol. The first-order valence-electron chi connectivity index (χ1n) is 4.33. The van der Waals surface area contributed by atoms with Crippen molar-refractivity contribution < 1.29 is 4.99 Å². The third-order valence-electron chi connectivity index (χ3n) is 1.53. The molecule has 3 nitrogen and oxygen atoms in total. The van der Waals surface area contributed by atoms with Crippen LogP contribution in [-0.2, 0) is 0 Å². The van der Waals surface area contributed by atoms with Gasteiger partial charge >= 0.3 is 5.17 Å². The van der Waals surface area contributed by atoms with Gasteiger partial charge in [-0.3, -0.25) is 0 Å². The summed E-state index contributed by atoms with van der Waals surface area (Å²) in [6.45, 7) is 1.87. The lowest BCUT2D eigenvalue weighted by Gasteiger charge is -1.93. The molecule has 0 aliphatic heterocycles. The van der Waals surface area contributed by atoms with Crippen LogP contribution in [-0.4, -0.2) is 17.6 Å². The fourth-order valence-corrected chi connectivity index (χ4v) is 1.26. The SMILES string of the molecule is CC=NNC(=[NH+]c1ccccc1)SC. The van der Waals surface area contributed by atoms with Crippen LogP contribution >= 0.6 is 11.8 Å². The zero-order valence-corrected chi connectivity index (χ0v) is 9.14. The molecule has 1 rings (SSSR count). The van der Waals surface area contributed by atoms with Crippen molar-refractivity contribution in [3.05, 3.63) is 30.3 Å². The number of para-hydroxylation sites is 1. The smallest absolute Gasteiger partial charge is 0.233 e. The number of amidine groups is 1. The van der Waals surface area contributed by atoms with E-state index in [-0.39, 0.29) is 0 Å². The van der Waals surface area contributed by atoms with Crippen LogP contribution in [0.1, 0.15) is 6.92 Å². The van der Waals surface area contributed by atoms with Crippen molar-refractivity contribution in [1.29, 1.82) is 0 Å². The molecule has 74 valence electrons. The Labute approximate surface area is 88.3 Å². The monoisotopic (exact) mass is 208 g/mol.